The van der Waals surface area contributed by atoms with Crippen molar-refractivity contribution in [2.24, 2.45) is 0 Å². The molecule has 0 amide bonds. The normalized spacial score (nSPS) is 10.7. The van der Waals surface area contributed by atoms with Crippen LogP contribution in [0.15, 0.2) is 36.0 Å². The highest BCUT2D eigenvalue weighted by Crippen LogP contribution is 2.14. The van der Waals surface area contributed by atoms with Gasteiger partial charge >= 0.3 is 11.9 Å². The summed E-state index contributed by atoms with van der Waals surface area (Å²) in [5, 5.41) is 2.77. The van der Waals surface area contributed by atoms with E-state index in [0.717, 1.165) is 6.08 Å². The lowest BCUT2D eigenvalue weighted by atomic mass is 10.2. The van der Waals surface area contributed by atoms with Crippen LogP contribution in [0.4, 0.5) is 11.4 Å². The molecule has 0 saturated carbocycles. The first-order valence-corrected chi connectivity index (χ1v) is 5.66. The summed E-state index contributed by atoms with van der Waals surface area (Å²) in [5.74, 6) is -1.30. The van der Waals surface area contributed by atoms with E-state index < -0.39 is 11.9 Å². The zero-order chi connectivity index (χ0) is 14.3. The van der Waals surface area contributed by atoms with Crippen molar-refractivity contribution in [1.82, 2.24) is 0 Å². The van der Waals surface area contributed by atoms with Crippen LogP contribution in [-0.4, -0.2) is 25.7 Å². The molecular formula is C13H16N2O4. The molecule has 6 nitrogen and oxygen atoms in total. The Balaban J connectivity index is 2.92. The molecule has 0 saturated heterocycles. The topological polar surface area (TPSA) is 90.6 Å². The van der Waals surface area contributed by atoms with Crippen LogP contribution in [0.25, 0.3) is 0 Å². The number of hydrogen-bond donors (Lipinski definition) is 2. The van der Waals surface area contributed by atoms with Gasteiger partial charge in [0.15, 0.2) is 0 Å². The molecule has 19 heavy (non-hydrogen) atoms. The molecule has 0 aromatic heterocycles. The molecule has 0 aliphatic heterocycles. The molecule has 1 aromatic rings. The quantitative estimate of drug-likeness (QED) is 0.473. The van der Waals surface area contributed by atoms with Gasteiger partial charge in [-0.2, -0.15) is 0 Å². The van der Waals surface area contributed by atoms with Crippen LogP contribution in [0, 0.1) is 0 Å². The summed E-state index contributed by atoms with van der Waals surface area (Å²) in [6.07, 6.45) is 1.04. The monoisotopic (exact) mass is 264 g/mol. The van der Waals surface area contributed by atoms with Gasteiger partial charge in [0, 0.05) is 11.4 Å². The summed E-state index contributed by atoms with van der Waals surface area (Å²) in [5.41, 5.74) is 6.71. The number of nitrogen functional groups attached to an aromatic ring is 1. The highest BCUT2D eigenvalue weighted by atomic mass is 16.5. The molecular weight excluding hydrogens is 248 g/mol. The molecule has 0 unspecified atom stereocenters. The van der Waals surface area contributed by atoms with E-state index in [4.69, 9.17) is 10.5 Å². The number of hydrogen-bond acceptors (Lipinski definition) is 6. The van der Waals surface area contributed by atoms with Crippen molar-refractivity contribution in [1.29, 1.82) is 0 Å². The summed E-state index contributed by atoms with van der Waals surface area (Å²) in [6.45, 7) is 1.90. The van der Waals surface area contributed by atoms with Gasteiger partial charge in [-0.1, -0.05) is 6.07 Å². The van der Waals surface area contributed by atoms with Crippen LogP contribution < -0.4 is 11.1 Å². The van der Waals surface area contributed by atoms with Crippen molar-refractivity contribution in [3.8, 4) is 0 Å². The molecule has 0 atom stereocenters. The minimum Gasteiger partial charge on any atom is -0.464 e. The van der Waals surface area contributed by atoms with Gasteiger partial charge in [0.2, 0.25) is 0 Å². The Morgan fingerprint density at radius 1 is 1.42 bits per heavy atom. The fourth-order valence-electron chi connectivity index (χ4n) is 1.33. The zero-order valence-corrected chi connectivity index (χ0v) is 10.8. The third-order valence-corrected chi connectivity index (χ3v) is 2.12. The van der Waals surface area contributed by atoms with Gasteiger partial charge < -0.3 is 20.5 Å². The number of carbonyl (C=O) groups is 2. The van der Waals surface area contributed by atoms with Crippen LogP contribution in [0.3, 0.4) is 0 Å². The maximum atomic E-state index is 11.5. The Kier molecular flexibility index (Phi) is 5.40. The van der Waals surface area contributed by atoms with E-state index in [9.17, 15) is 9.59 Å². The molecule has 0 radical (unpaired) electrons. The van der Waals surface area contributed by atoms with Crippen molar-refractivity contribution in [2.45, 2.75) is 6.92 Å². The van der Waals surface area contributed by atoms with Crippen molar-refractivity contribution in [2.75, 3.05) is 24.8 Å². The Labute approximate surface area is 111 Å². The standard InChI is InChI=1S/C13H16N2O4/c1-3-19-12(16)8-11(13(17)18-2)15-10-6-4-5-9(14)7-10/h4-8,15H,3,14H2,1-2H3. The number of ether oxygens (including phenoxy) is 2. The van der Waals surface area contributed by atoms with Crippen LogP contribution in [0.2, 0.25) is 0 Å². The van der Waals surface area contributed by atoms with E-state index in [0.29, 0.717) is 11.4 Å². The van der Waals surface area contributed by atoms with E-state index in [2.05, 4.69) is 10.1 Å². The summed E-state index contributed by atoms with van der Waals surface area (Å²) in [4.78, 5) is 22.9. The van der Waals surface area contributed by atoms with Crippen LogP contribution in [-0.2, 0) is 19.1 Å². The lowest BCUT2D eigenvalue weighted by Gasteiger charge is -2.09. The number of benzene rings is 1. The minimum atomic E-state index is -0.671. The number of methoxy groups -OCH3 is 1. The largest absolute Gasteiger partial charge is 0.464 e. The first kappa shape index (κ1) is 14.6. The van der Waals surface area contributed by atoms with Crippen molar-refractivity contribution in [3.63, 3.8) is 0 Å². The van der Waals surface area contributed by atoms with E-state index in [-0.39, 0.29) is 12.3 Å². The fourth-order valence-corrected chi connectivity index (χ4v) is 1.33. The molecule has 1 rings (SSSR count). The number of anilines is 2. The Morgan fingerprint density at radius 3 is 2.74 bits per heavy atom. The average Bonchev–Trinajstić information content (AvgIpc) is 2.37. The van der Waals surface area contributed by atoms with E-state index >= 15 is 0 Å². The third kappa shape index (κ3) is 4.71. The van der Waals surface area contributed by atoms with Gasteiger partial charge in [0.1, 0.15) is 5.70 Å². The van der Waals surface area contributed by atoms with Crippen molar-refractivity contribution < 1.29 is 19.1 Å². The summed E-state index contributed by atoms with van der Waals surface area (Å²) in [7, 11) is 1.22. The molecule has 0 bridgehead atoms. The number of carbonyl (C=O) groups excluding carboxylic acids is 2. The average molecular weight is 264 g/mol. The van der Waals surface area contributed by atoms with Gasteiger partial charge in [-0.05, 0) is 25.1 Å². The second-order valence-corrected chi connectivity index (χ2v) is 3.55. The molecule has 102 valence electrons. The molecule has 0 fully saturated rings. The number of nitrogens with one attached hydrogen (secondary N) is 1. The van der Waals surface area contributed by atoms with Gasteiger partial charge in [0.25, 0.3) is 0 Å². The molecule has 0 aliphatic rings. The first-order valence-electron chi connectivity index (χ1n) is 5.66. The predicted octanol–water partition coefficient (Wildman–Crippen LogP) is 1.30. The lowest BCUT2D eigenvalue weighted by Crippen LogP contribution is -2.16. The fraction of sp³-hybridized carbons (Fsp3) is 0.231. The van der Waals surface area contributed by atoms with E-state index in [1.165, 1.54) is 7.11 Å². The Morgan fingerprint density at radius 2 is 2.16 bits per heavy atom. The summed E-state index contributed by atoms with van der Waals surface area (Å²) in [6, 6.07) is 6.76. The van der Waals surface area contributed by atoms with Gasteiger partial charge in [-0.3, -0.25) is 0 Å². The van der Waals surface area contributed by atoms with Crippen molar-refractivity contribution in [3.05, 3.63) is 36.0 Å². The maximum absolute atomic E-state index is 11.5. The molecule has 1 aromatic carbocycles. The van der Waals surface area contributed by atoms with Gasteiger partial charge in [-0.15, -0.1) is 0 Å². The Hall–Kier alpha value is -2.50. The minimum absolute atomic E-state index is 0.0217. The molecule has 0 spiro atoms. The molecule has 0 aliphatic carbocycles. The lowest BCUT2D eigenvalue weighted by molar-refractivity contribution is -0.139. The predicted molar refractivity (Wildman–Crippen MR) is 71.2 cm³/mol. The maximum Gasteiger partial charge on any atom is 0.354 e. The molecule has 0 heterocycles. The van der Waals surface area contributed by atoms with E-state index in [1.807, 2.05) is 0 Å². The van der Waals surface area contributed by atoms with Gasteiger partial charge in [-0.25, -0.2) is 9.59 Å². The smallest absolute Gasteiger partial charge is 0.354 e. The number of esters is 2. The SMILES string of the molecule is CCOC(=O)C=C(Nc1cccc(N)c1)C(=O)OC. The highest BCUT2D eigenvalue weighted by Gasteiger charge is 2.12. The number of rotatable bonds is 5. The second-order valence-electron chi connectivity index (χ2n) is 3.55. The molecule has 3 N–H and O–H groups in total. The molecule has 6 heteroatoms. The summed E-state index contributed by atoms with van der Waals surface area (Å²) >= 11 is 0. The van der Waals surface area contributed by atoms with Crippen LogP contribution >= 0.6 is 0 Å². The van der Waals surface area contributed by atoms with Crippen LogP contribution in [0.5, 0.6) is 0 Å². The first-order chi connectivity index (χ1) is 9.06. The highest BCUT2D eigenvalue weighted by molar-refractivity contribution is 5.98. The van der Waals surface area contributed by atoms with Crippen LogP contribution in [0.1, 0.15) is 6.92 Å². The second kappa shape index (κ2) is 7.05. The summed E-state index contributed by atoms with van der Waals surface area (Å²) < 4.78 is 9.33. The van der Waals surface area contributed by atoms with E-state index in [1.54, 1.807) is 31.2 Å². The third-order valence-electron chi connectivity index (χ3n) is 2.12. The number of nitrogens with two attached hydrogens (primary N) is 1. The Bertz CT molecular complexity index is 497. The zero-order valence-electron chi connectivity index (χ0n) is 10.8. The van der Waals surface area contributed by atoms with Crippen molar-refractivity contribution >= 4 is 23.3 Å². The van der Waals surface area contributed by atoms with Gasteiger partial charge in [0.05, 0.1) is 19.8 Å².